The van der Waals surface area contributed by atoms with E-state index in [2.05, 4.69) is 53.1 Å². The smallest absolute Gasteiger partial charge is 0.0634 e. The van der Waals surface area contributed by atoms with Crippen molar-refractivity contribution >= 4 is 0 Å². The molecule has 0 saturated carbocycles. The van der Waals surface area contributed by atoms with Crippen LogP contribution in [-0.2, 0) is 15.6 Å². The Hall–Kier alpha value is -0.830. The topological polar surface area (TPSA) is 27.1 Å². The monoisotopic (exact) mass is 278 g/mol. The highest BCUT2D eigenvalue weighted by Crippen LogP contribution is 2.38. The molecular formula is C17H30N2O. The van der Waals surface area contributed by atoms with Crippen LogP contribution in [0.4, 0.5) is 0 Å². The number of aryl methyl sites for hydroxylation is 1. The average molecular weight is 278 g/mol. The number of ether oxygens (including phenoxy) is 1. The maximum Gasteiger partial charge on any atom is 0.0634 e. The SMILES string of the molecule is Cc1nn(C2CCOCC2)c(C(C)(C)C)c1C(C)(C)C. The molecule has 3 heteroatoms. The average Bonchev–Trinajstić information content (AvgIpc) is 2.67. The van der Waals surface area contributed by atoms with Gasteiger partial charge in [-0.05, 0) is 25.2 Å². The van der Waals surface area contributed by atoms with Crippen molar-refractivity contribution in [2.45, 2.75) is 78.2 Å². The van der Waals surface area contributed by atoms with Gasteiger partial charge in [-0.1, -0.05) is 41.5 Å². The second kappa shape index (κ2) is 5.18. The Morgan fingerprint density at radius 3 is 2.00 bits per heavy atom. The molecule has 114 valence electrons. The minimum atomic E-state index is 0.113. The van der Waals surface area contributed by atoms with E-state index in [1.54, 1.807) is 0 Å². The summed E-state index contributed by atoms with van der Waals surface area (Å²) >= 11 is 0. The number of hydrogen-bond acceptors (Lipinski definition) is 2. The highest BCUT2D eigenvalue weighted by molar-refractivity contribution is 5.37. The van der Waals surface area contributed by atoms with Crippen LogP contribution in [0.2, 0.25) is 0 Å². The predicted octanol–water partition coefficient (Wildman–Crippen LogP) is 4.14. The van der Waals surface area contributed by atoms with Crippen LogP contribution in [0, 0.1) is 6.92 Å². The van der Waals surface area contributed by atoms with Crippen LogP contribution in [0.5, 0.6) is 0 Å². The van der Waals surface area contributed by atoms with Gasteiger partial charge in [-0.3, -0.25) is 4.68 Å². The molecule has 3 nitrogen and oxygen atoms in total. The largest absolute Gasteiger partial charge is 0.381 e. The summed E-state index contributed by atoms with van der Waals surface area (Å²) < 4.78 is 7.83. The van der Waals surface area contributed by atoms with Crippen molar-refractivity contribution in [3.63, 3.8) is 0 Å². The first kappa shape index (κ1) is 15.6. The van der Waals surface area contributed by atoms with Crippen LogP contribution >= 0.6 is 0 Å². The van der Waals surface area contributed by atoms with Gasteiger partial charge < -0.3 is 4.74 Å². The van der Waals surface area contributed by atoms with Crippen molar-refractivity contribution in [1.82, 2.24) is 9.78 Å². The zero-order chi connectivity index (χ0) is 15.1. The summed E-state index contributed by atoms with van der Waals surface area (Å²) in [6, 6.07) is 0.493. The molecule has 0 bridgehead atoms. The summed E-state index contributed by atoms with van der Waals surface area (Å²) in [5, 5.41) is 4.93. The minimum absolute atomic E-state index is 0.113. The molecule has 1 aromatic heterocycles. The first-order chi connectivity index (χ1) is 9.12. The second-order valence-corrected chi connectivity index (χ2v) is 8.10. The van der Waals surface area contributed by atoms with Crippen LogP contribution in [0.15, 0.2) is 0 Å². The van der Waals surface area contributed by atoms with Gasteiger partial charge in [0.2, 0.25) is 0 Å². The first-order valence-electron chi connectivity index (χ1n) is 7.80. The molecular weight excluding hydrogens is 248 g/mol. The summed E-state index contributed by atoms with van der Waals surface area (Å²) in [7, 11) is 0. The lowest BCUT2D eigenvalue weighted by Gasteiger charge is -2.32. The fourth-order valence-electron chi connectivity index (χ4n) is 3.36. The van der Waals surface area contributed by atoms with E-state index in [0.29, 0.717) is 6.04 Å². The Balaban J connectivity index is 2.57. The van der Waals surface area contributed by atoms with E-state index in [-0.39, 0.29) is 10.8 Å². The number of hydrogen-bond donors (Lipinski definition) is 0. The van der Waals surface area contributed by atoms with Gasteiger partial charge in [0.1, 0.15) is 0 Å². The molecule has 2 rings (SSSR count). The molecule has 20 heavy (non-hydrogen) atoms. The summed E-state index contributed by atoms with van der Waals surface area (Å²) in [5.41, 5.74) is 4.28. The molecule has 0 amide bonds. The maximum absolute atomic E-state index is 5.51. The maximum atomic E-state index is 5.51. The predicted molar refractivity (Wildman–Crippen MR) is 83.5 cm³/mol. The third-order valence-corrected chi connectivity index (χ3v) is 4.08. The molecule has 0 aromatic carbocycles. The standard InChI is InChI=1S/C17H30N2O/c1-12-14(16(2,3)4)15(17(5,6)7)19(18-12)13-8-10-20-11-9-13/h13H,8-11H2,1-7H3. The van der Waals surface area contributed by atoms with E-state index in [1.807, 2.05) is 0 Å². The van der Waals surface area contributed by atoms with Crippen molar-refractivity contribution in [3.05, 3.63) is 17.0 Å². The summed E-state index contributed by atoms with van der Waals surface area (Å²) in [6.07, 6.45) is 2.15. The van der Waals surface area contributed by atoms with Gasteiger partial charge in [0.15, 0.2) is 0 Å². The molecule has 1 saturated heterocycles. The normalized spacial score (nSPS) is 18.6. The van der Waals surface area contributed by atoms with Gasteiger partial charge in [-0.25, -0.2) is 0 Å². The Labute approximate surface area is 123 Å². The lowest BCUT2D eigenvalue weighted by atomic mass is 9.78. The first-order valence-corrected chi connectivity index (χ1v) is 7.80. The molecule has 1 aliphatic heterocycles. The Morgan fingerprint density at radius 1 is 1.00 bits per heavy atom. The summed E-state index contributed by atoms with van der Waals surface area (Å²) in [5.74, 6) is 0. The van der Waals surface area contributed by atoms with E-state index in [1.165, 1.54) is 17.0 Å². The molecule has 0 radical (unpaired) electrons. The zero-order valence-corrected chi connectivity index (χ0v) is 14.2. The van der Waals surface area contributed by atoms with E-state index in [0.717, 1.165) is 26.1 Å². The van der Waals surface area contributed by atoms with Gasteiger partial charge in [-0.2, -0.15) is 5.10 Å². The van der Waals surface area contributed by atoms with E-state index in [4.69, 9.17) is 9.84 Å². The molecule has 0 atom stereocenters. The number of nitrogens with zero attached hydrogens (tertiary/aromatic N) is 2. The number of rotatable bonds is 1. The molecule has 0 unspecified atom stereocenters. The molecule has 0 spiro atoms. The van der Waals surface area contributed by atoms with Gasteiger partial charge in [-0.15, -0.1) is 0 Å². The summed E-state index contributed by atoms with van der Waals surface area (Å²) in [4.78, 5) is 0. The van der Waals surface area contributed by atoms with Crippen LogP contribution in [0.25, 0.3) is 0 Å². The minimum Gasteiger partial charge on any atom is -0.381 e. The van der Waals surface area contributed by atoms with E-state index >= 15 is 0 Å². The highest BCUT2D eigenvalue weighted by Gasteiger charge is 2.34. The third-order valence-electron chi connectivity index (χ3n) is 4.08. The van der Waals surface area contributed by atoms with E-state index in [9.17, 15) is 0 Å². The molecule has 0 N–H and O–H groups in total. The van der Waals surface area contributed by atoms with Crippen LogP contribution in [-0.4, -0.2) is 23.0 Å². The van der Waals surface area contributed by atoms with Gasteiger partial charge in [0, 0.05) is 29.9 Å². The molecule has 1 aromatic rings. The lowest BCUT2D eigenvalue weighted by Crippen LogP contribution is -2.29. The third kappa shape index (κ3) is 2.93. The van der Waals surface area contributed by atoms with E-state index < -0.39 is 0 Å². The Morgan fingerprint density at radius 2 is 1.55 bits per heavy atom. The van der Waals surface area contributed by atoms with Crippen molar-refractivity contribution in [1.29, 1.82) is 0 Å². The van der Waals surface area contributed by atoms with Crippen LogP contribution < -0.4 is 0 Å². The lowest BCUT2D eigenvalue weighted by molar-refractivity contribution is 0.0644. The summed E-state index contributed by atoms with van der Waals surface area (Å²) in [6.45, 7) is 17.7. The van der Waals surface area contributed by atoms with Gasteiger partial charge in [0.05, 0.1) is 11.7 Å². The highest BCUT2D eigenvalue weighted by atomic mass is 16.5. The molecule has 0 aliphatic carbocycles. The van der Waals surface area contributed by atoms with Gasteiger partial charge in [0.25, 0.3) is 0 Å². The Bertz CT molecular complexity index is 468. The van der Waals surface area contributed by atoms with Crippen LogP contribution in [0.1, 0.15) is 77.4 Å². The fourth-order valence-corrected chi connectivity index (χ4v) is 3.36. The fraction of sp³-hybridized carbons (Fsp3) is 0.824. The molecule has 2 heterocycles. The molecule has 1 fully saturated rings. The van der Waals surface area contributed by atoms with Crippen molar-refractivity contribution in [3.8, 4) is 0 Å². The Kier molecular flexibility index (Phi) is 4.03. The van der Waals surface area contributed by atoms with Gasteiger partial charge >= 0.3 is 0 Å². The van der Waals surface area contributed by atoms with Crippen molar-refractivity contribution in [2.24, 2.45) is 0 Å². The van der Waals surface area contributed by atoms with Crippen LogP contribution in [0.3, 0.4) is 0 Å². The van der Waals surface area contributed by atoms with Crippen molar-refractivity contribution in [2.75, 3.05) is 13.2 Å². The number of aromatic nitrogens is 2. The zero-order valence-electron chi connectivity index (χ0n) is 14.2. The molecule has 1 aliphatic rings. The van der Waals surface area contributed by atoms with Crippen molar-refractivity contribution < 1.29 is 4.74 Å². The second-order valence-electron chi connectivity index (χ2n) is 8.10. The quantitative estimate of drug-likeness (QED) is 0.772.